The number of hydrogen-bond acceptors (Lipinski definition) is 2. The molecule has 4 nitrogen and oxygen atoms in total. The molecule has 0 spiro atoms. The maximum Gasteiger partial charge on any atom is 0.323 e. The second kappa shape index (κ2) is 5.41. The van der Waals surface area contributed by atoms with Crippen molar-refractivity contribution < 1.29 is 0 Å². The molecule has 0 saturated heterocycles. The minimum Gasteiger partial charge on any atom is -0.306 e. The molecular weight excluding hydrogens is 310 g/mol. The standard InChI is InChI=1S/C18H12ClN3O/c19-17-13(11-6-8-20-9-7-11)2-1-3-14(17)12-4-5-15-16(10-12)22-18(23)21-15/h1-10H,(H2,21,22,23). The topological polar surface area (TPSA) is 61.5 Å². The number of aromatic nitrogens is 3. The van der Waals surface area contributed by atoms with Crippen molar-refractivity contribution in [1.82, 2.24) is 15.0 Å². The van der Waals surface area contributed by atoms with E-state index in [1.54, 1.807) is 12.4 Å². The van der Waals surface area contributed by atoms with Gasteiger partial charge in [-0.1, -0.05) is 35.9 Å². The smallest absolute Gasteiger partial charge is 0.306 e. The van der Waals surface area contributed by atoms with Crippen LogP contribution in [-0.4, -0.2) is 15.0 Å². The number of aromatic amines is 2. The zero-order valence-corrected chi connectivity index (χ0v) is 12.8. The van der Waals surface area contributed by atoms with E-state index in [1.807, 2.05) is 48.5 Å². The predicted molar refractivity (Wildman–Crippen MR) is 92.6 cm³/mol. The fourth-order valence-electron chi connectivity index (χ4n) is 2.71. The van der Waals surface area contributed by atoms with Gasteiger partial charge >= 0.3 is 5.69 Å². The van der Waals surface area contributed by atoms with E-state index in [0.29, 0.717) is 5.02 Å². The van der Waals surface area contributed by atoms with Gasteiger partial charge in [-0.05, 0) is 35.4 Å². The second-order valence-electron chi connectivity index (χ2n) is 5.24. The van der Waals surface area contributed by atoms with Crippen LogP contribution in [0, 0.1) is 0 Å². The number of fused-ring (bicyclic) bond motifs is 1. The lowest BCUT2D eigenvalue weighted by Crippen LogP contribution is -1.99. The third-order valence-corrected chi connectivity index (χ3v) is 4.22. The van der Waals surface area contributed by atoms with Gasteiger partial charge in [0.15, 0.2) is 0 Å². The lowest BCUT2D eigenvalue weighted by atomic mass is 9.99. The molecule has 0 amide bonds. The Labute approximate surface area is 136 Å². The summed E-state index contributed by atoms with van der Waals surface area (Å²) in [6.45, 7) is 0. The van der Waals surface area contributed by atoms with Crippen LogP contribution in [0.5, 0.6) is 0 Å². The van der Waals surface area contributed by atoms with Gasteiger partial charge in [0.2, 0.25) is 0 Å². The van der Waals surface area contributed by atoms with Crippen molar-refractivity contribution in [3.05, 3.63) is 76.4 Å². The first-order valence-corrected chi connectivity index (χ1v) is 7.51. The number of pyridine rings is 1. The highest BCUT2D eigenvalue weighted by atomic mass is 35.5. The fourth-order valence-corrected chi connectivity index (χ4v) is 3.05. The Bertz CT molecular complexity index is 1050. The molecule has 2 heterocycles. The van der Waals surface area contributed by atoms with E-state index in [-0.39, 0.29) is 5.69 Å². The van der Waals surface area contributed by atoms with E-state index >= 15 is 0 Å². The lowest BCUT2D eigenvalue weighted by Gasteiger charge is -2.10. The summed E-state index contributed by atoms with van der Waals surface area (Å²) in [4.78, 5) is 20.9. The SMILES string of the molecule is O=c1[nH]c2ccc(-c3cccc(-c4ccncc4)c3Cl)cc2[nH]1. The molecule has 112 valence electrons. The van der Waals surface area contributed by atoms with E-state index in [2.05, 4.69) is 15.0 Å². The molecule has 2 N–H and O–H groups in total. The van der Waals surface area contributed by atoms with Crippen LogP contribution < -0.4 is 5.69 Å². The first-order chi connectivity index (χ1) is 11.2. The van der Waals surface area contributed by atoms with Crippen LogP contribution in [0.2, 0.25) is 5.02 Å². The largest absolute Gasteiger partial charge is 0.323 e. The van der Waals surface area contributed by atoms with E-state index in [1.165, 1.54) is 0 Å². The van der Waals surface area contributed by atoms with Crippen LogP contribution in [0.4, 0.5) is 0 Å². The van der Waals surface area contributed by atoms with Crippen molar-refractivity contribution in [1.29, 1.82) is 0 Å². The van der Waals surface area contributed by atoms with E-state index in [9.17, 15) is 4.79 Å². The molecule has 0 aliphatic carbocycles. The van der Waals surface area contributed by atoms with Gasteiger partial charge in [0.1, 0.15) is 0 Å². The maximum atomic E-state index is 11.4. The summed E-state index contributed by atoms with van der Waals surface area (Å²) in [5, 5.41) is 0.677. The van der Waals surface area contributed by atoms with Gasteiger partial charge < -0.3 is 9.97 Å². The third-order valence-electron chi connectivity index (χ3n) is 3.82. The van der Waals surface area contributed by atoms with Crippen molar-refractivity contribution >= 4 is 22.6 Å². The second-order valence-corrected chi connectivity index (χ2v) is 5.62. The van der Waals surface area contributed by atoms with E-state index in [4.69, 9.17) is 11.6 Å². The van der Waals surface area contributed by atoms with E-state index in [0.717, 1.165) is 33.3 Å². The Morgan fingerprint density at radius 3 is 2.30 bits per heavy atom. The number of rotatable bonds is 2. The van der Waals surface area contributed by atoms with Gasteiger partial charge in [-0.15, -0.1) is 0 Å². The number of benzene rings is 2. The van der Waals surface area contributed by atoms with Crippen LogP contribution in [0.1, 0.15) is 0 Å². The predicted octanol–water partition coefficient (Wildman–Crippen LogP) is 4.24. The summed E-state index contributed by atoms with van der Waals surface area (Å²) in [6.07, 6.45) is 3.49. The summed E-state index contributed by atoms with van der Waals surface area (Å²) in [5.74, 6) is 0. The minimum absolute atomic E-state index is 0.214. The molecule has 0 bridgehead atoms. The van der Waals surface area contributed by atoms with Gasteiger partial charge in [0.05, 0.1) is 16.1 Å². The molecule has 0 fully saturated rings. The molecule has 0 unspecified atom stereocenters. The molecule has 2 aromatic heterocycles. The van der Waals surface area contributed by atoms with Crippen LogP contribution in [0.25, 0.3) is 33.3 Å². The Morgan fingerprint density at radius 2 is 1.52 bits per heavy atom. The van der Waals surface area contributed by atoms with Crippen LogP contribution >= 0.6 is 11.6 Å². The highest BCUT2D eigenvalue weighted by Crippen LogP contribution is 2.36. The van der Waals surface area contributed by atoms with Crippen LogP contribution in [0.3, 0.4) is 0 Å². The van der Waals surface area contributed by atoms with Gasteiger partial charge in [-0.25, -0.2) is 4.79 Å². The first-order valence-electron chi connectivity index (χ1n) is 7.14. The molecule has 4 rings (SSSR count). The van der Waals surface area contributed by atoms with Gasteiger partial charge in [-0.3, -0.25) is 4.98 Å². The summed E-state index contributed by atoms with van der Waals surface area (Å²) in [6, 6.07) is 15.5. The molecule has 0 atom stereocenters. The van der Waals surface area contributed by atoms with Crippen molar-refractivity contribution in [3.8, 4) is 22.3 Å². The van der Waals surface area contributed by atoms with Gasteiger partial charge in [0.25, 0.3) is 0 Å². The van der Waals surface area contributed by atoms with E-state index < -0.39 is 0 Å². The molecule has 0 radical (unpaired) electrons. The van der Waals surface area contributed by atoms with Gasteiger partial charge in [-0.2, -0.15) is 0 Å². The summed E-state index contributed by atoms with van der Waals surface area (Å²) >= 11 is 6.63. The number of imidazole rings is 1. The maximum absolute atomic E-state index is 11.4. The molecular formula is C18H12ClN3O. The average molecular weight is 322 g/mol. The Kier molecular flexibility index (Phi) is 3.24. The van der Waals surface area contributed by atoms with Crippen molar-refractivity contribution in [2.24, 2.45) is 0 Å². The monoisotopic (exact) mass is 321 g/mol. The van der Waals surface area contributed by atoms with Crippen LogP contribution in [0.15, 0.2) is 65.7 Å². The van der Waals surface area contributed by atoms with Gasteiger partial charge in [0, 0.05) is 23.5 Å². The number of nitrogens with zero attached hydrogens (tertiary/aromatic N) is 1. The Hall–Kier alpha value is -2.85. The zero-order chi connectivity index (χ0) is 15.8. The summed E-state index contributed by atoms with van der Waals surface area (Å²) < 4.78 is 0. The summed E-state index contributed by atoms with van der Waals surface area (Å²) in [5.41, 5.74) is 5.17. The summed E-state index contributed by atoms with van der Waals surface area (Å²) in [7, 11) is 0. The number of halogens is 1. The molecule has 5 heteroatoms. The number of nitrogens with one attached hydrogen (secondary N) is 2. The molecule has 0 saturated carbocycles. The molecule has 0 aliphatic rings. The quantitative estimate of drug-likeness (QED) is 0.580. The Balaban J connectivity index is 1.89. The average Bonchev–Trinajstić information content (AvgIpc) is 2.95. The molecule has 4 aromatic rings. The fraction of sp³-hybridized carbons (Fsp3) is 0. The lowest BCUT2D eigenvalue weighted by molar-refractivity contribution is 1.22. The molecule has 2 aromatic carbocycles. The first kappa shape index (κ1) is 13.8. The number of hydrogen-bond donors (Lipinski definition) is 2. The minimum atomic E-state index is -0.214. The highest BCUT2D eigenvalue weighted by Gasteiger charge is 2.10. The number of H-pyrrole nitrogens is 2. The Morgan fingerprint density at radius 1 is 0.826 bits per heavy atom. The zero-order valence-electron chi connectivity index (χ0n) is 12.0. The van der Waals surface area contributed by atoms with Crippen molar-refractivity contribution in [2.75, 3.05) is 0 Å². The third kappa shape index (κ3) is 2.43. The highest BCUT2D eigenvalue weighted by molar-refractivity contribution is 6.36. The molecule has 23 heavy (non-hydrogen) atoms. The van der Waals surface area contributed by atoms with Crippen molar-refractivity contribution in [2.45, 2.75) is 0 Å². The van der Waals surface area contributed by atoms with Crippen molar-refractivity contribution in [3.63, 3.8) is 0 Å². The van der Waals surface area contributed by atoms with Crippen LogP contribution in [-0.2, 0) is 0 Å². The normalized spacial score (nSPS) is 11.0. The molecule has 0 aliphatic heterocycles.